The molecule has 1 heterocycles. The molecule has 114 valence electrons. The van der Waals surface area contributed by atoms with Crippen LogP contribution in [0.15, 0.2) is 46.9 Å². The second-order valence-electron chi connectivity index (χ2n) is 4.84. The molecule has 23 heavy (non-hydrogen) atoms. The van der Waals surface area contributed by atoms with Gasteiger partial charge in [0, 0.05) is 15.4 Å². The van der Waals surface area contributed by atoms with Gasteiger partial charge in [0.1, 0.15) is 17.3 Å². The van der Waals surface area contributed by atoms with Gasteiger partial charge in [-0.15, -0.1) is 0 Å². The summed E-state index contributed by atoms with van der Waals surface area (Å²) in [6, 6.07) is 14.1. The fourth-order valence-corrected chi connectivity index (χ4v) is 2.82. The largest absolute Gasteiger partial charge is 0.443 e. The molecule has 0 aliphatic heterocycles. The van der Waals surface area contributed by atoms with E-state index in [2.05, 4.69) is 5.32 Å². The van der Waals surface area contributed by atoms with Crippen molar-refractivity contribution < 1.29 is 9.21 Å². The molecule has 0 saturated heterocycles. The lowest BCUT2D eigenvalue weighted by Gasteiger charge is -2.07. The van der Waals surface area contributed by atoms with Crippen LogP contribution in [0.25, 0.3) is 11.0 Å². The van der Waals surface area contributed by atoms with Gasteiger partial charge in [-0.3, -0.25) is 4.79 Å². The molecule has 0 fully saturated rings. The van der Waals surface area contributed by atoms with E-state index in [0.717, 1.165) is 0 Å². The Hall–Kier alpha value is -2.48. The molecule has 1 N–H and O–H groups in total. The molecule has 2 aromatic carbocycles. The smallest absolute Gasteiger partial charge is 0.229 e. The van der Waals surface area contributed by atoms with E-state index in [1.54, 1.807) is 42.5 Å². The first-order chi connectivity index (χ1) is 11.1. The number of carbonyl (C=O) groups excluding carboxylic acids is 1. The first kappa shape index (κ1) is 15.4. The Kier molecular flexibility index (Phi) is 4.24. The van der Waals surface area contributed by atoms with Crippen LogP contribution in [0.3, 0.4) is 0 Å². The van der Waals surface area contributed by atoms with E-state index in [4.69, 9.17) is 27.6 Å². The van der Waals surface area contributed by atoms with Crippen molar-refractivity contribution in [2.24, 2.45) is 0 Å². The van der Waals surface area contributed by atoms with Crippen LogP contribution < -0.4 is 5.32 Å². The van der Waals surface area contributed by atoms with Crippen molar-refractivity contribution in [1.29, 1.82) is 5.26 Å². The fraction of sp³-hybridized carbons (Fsp3) is 0.0588. The molecular weight excluding hydrogens is 335 g/mol. The normalized spacial score (nSPS) is 10.5. The van der Waals surface area contributed by atoms with E-state index in [-0.39, 0.29) is 18.1 Å². The number of para-hydroxylation sites is 1. The van der Waals surface area contributed by atoms with Crippen LogP contribution in [0, 0.1) is 11.3 Å². The van der Waals surface area contributed by atoms with Crippen molar-refractivity contribution in [3.63, 3.8) is 0 Å². The van der Waals surface area contributed by atoms with Crippen LogP contribution in [0.4, 0.5) is 5.69 Å². The maximum atomic E-state index is 12.3. The van der Waals surface area contributed by atoms with Crippen LogP contribution in [0.2, 0.25) is 10.0 Å². The molecule has 0 radical (unpaired) electrons. The number of hydrogen-bond acceptors (Lipinski definition) is 3. The zero-order valence-electron chi connectivity index (χ0n) is 11.8. The summed E-state index contributed by atoms with van der Waals surface area (Å²) < 4.78 is 5.42. The highest BCUT2D eigenvalue weighted by Gasteiger charge is 2.17. The highest BCUT2D eigenvalue weighted by Crippen LogP contribution is 2.31. The molecular formula is C17H10Cl2N2O2. The summed E-state index contributed by atoms with van der Waals surface area (Å²) >= 11 is 12.1. The van der Waals surface area contributed by atoms with E-state index < -0.39 is 0 Å². The molecule has 1 aromatic heterocycles. The zero-order chi connectivity index (χ0) is 16.4. The molecule has 0 spiro atoms. The van der Waals surface area contributed by atoms with Crippen LogP contribution in [0.1, 0.15) is 11.3 Å². The quantitative estimate of drug-likeness (QED) is 0.742. The second-order valence-corrected chi connectivity index (χ2v) is 5.65. The minimum absolute atomic E-state index is 0.00286. The van der Waals surface area contributed by atoms with Gasteiger partial charge in [0.2, 0.25) is 11.7 Å². The number of carbonyl (C=O) groups is 1. The van der Waals surface area contributed by atoms with Gasteiger partial charge < -0.3 is 9.73 Å². The zero-order valence-corrected chi connectivity index (χ0v) is 13.3. The Balaban J connectivity index is 1.91. The molecule has 6 heteroatoms. The Morgan fingerprint density at radius 1 is 1.13 bits per heavy atom. The summed E-state index contributed by atoms with van der Waals surface area (Å²) in [5, 5.41) is 13.4. The molecule has 0 atom stereocenters. The van der Waals surface area contributed by atoms with Gasteiger partial charge in [0.15, 0.2) is 0 Å². The summed E-state index contributed by atoms with van der Waals surface area (Å²) in [6.07, 6.45) is 0.00286. The number of halogens is 2. The van der Waals surface area contributed by atoms with Gasteiger partial charge in [0.25, 0.3) is 0 Å². The Bertz CT molecular complexity index is 921. The molecule has 1 amide bonds. The highest BCUT2D eigenvalue weighted by atomic mass is 35.5. The van der Waals surface area contributed by atoms with Crippen LogP contribution in [-0.2, 0) is 11.2 Å². The Morgan fingerprint density at radius 2 is 1.83 bits per heavy atom. The number of nitrogens with one attached hydrogen (secondary N) is 1. The third-order valence-corrected chi connectivity index (χ3v) is 4.07. The van der Waals surface area contributed by atoms with Gasteiger partial charge in [0.05, 0.1) is 6.42 Å². The Labute approximate surface area is 142 Å². The van der Waals surface area contributed by atoms with Crippen molar-refractivity contribution in [1.82, 2.24) is 0 Å². The minimum atomic E-state index is -0.331. The average molecular weight is 345 g/mol. The van der Waals surface area contributed by atoms with Crippen molar-refractivity contribution in [2.45, 2.75) is 6.42 Å². The first-order valence-corrected chi connectivity index (χ1v) is 7.50. The number of amides is 1. The topological polar surface area (TPSA) is 66.0 Å². The summed E-state index contributed by atoms with van der Waals surface area (Å²) in [7, 11) is 0. The predicted molar refractivity (Wildman–Crippen MR) is 89.7 cm³/mol. The van der Waals surface area contributed by atoms with Gasteiger partial charge >= 0.3 is 0 Å². The maximum Gasteiger partial charge on any atom is 0.229 e. The molecule has 0 unspecified atom stereocenters. The first-order valence-electron chi connectivity index (χ1n) is 6.74. The monoisotopic (exact) mass is 344 g/mol. The number of furan rings is 1. The van der Waals surface area contributed by atoms with Crippen LogP contribution >= 0.6 is 23.2 Å². The number of anilines is 1. The lowest BCUT2D eigenvalue weighted by molar-refractivity contribution is -0.115. The van der Waals surface area contributed by atoms with Crippen molar-refractivity contribution >= 4 is 45.8 Å². The summed E-state index contributed by atoms with van der Waals surface area (Å²) in [5.74, 6) is -0.271. The molecule has 0 saturated carbocycles. The van der Waals surface area contributed by atoms with Gasteiger partial charge in [-0.05, 0) is 29.8 Å². The summed E-state index contributed by atoms with van der Waals surface area (Å²) in [5.41, 5.74) is 1.44. The summed E-state index contributed by atoms with van der Waals surface area (Å²) in [4.78, 5) is 12.3. The lowest BCUT2D eigenvalue weighted by Crippen LogP contribution is -2.15. The van der Waals surface area contributed by atoms with E-state index in [1.807, 2.05) is 6.07 Å². The number of nitriles is 1. The summed E-state index contributed by atoms with van der Waals surface area (Å²) in [6.45, 7) is 0. The van der Waals surface area contributed by atoms with Crippen LogP contribution in [0.5, 0.6) is 0 Å². The van der Waals surface area contributed by atoms with Gasteiger partial charge in [-0.1, -0.05) is 41.4 Å². The lowest BCUT2D eigenvalue weighted by atomic mass is 10.1. The van der Waals surface area contributed by atoms with E-state index in [9.17, 15) is 10.1 Å². The number of fused-ring (bicyclic) bond motifs is 1. The molecule has 0 bridgehead atoms. The molecule has 0 aliphatic rings. The van der Waals surface area contributed by atoms with E-state index >= 15 is 0 Å². The molecule has 4 nitrogen and oxygen atoms in total. The van der Waals surface area contributed by atoms with E-state index in [0.29, 0.717) is 32.3 Å². The minimum Gasteiger partial charge on any atom is -0.443 e. The molecule has 0 aliphatic carbocycles. The maximum absolute atomic E-state index is 12.3. The Morgan fingerprint density at radius 3 is 2.52 bits per heavy atom. The number of benzene rings is 2. The highest BCUT2D eigenvalue weighted by molar-refractivity contribution is 6.36. The third kappa shape index (κ3) is 3.02. The van der Waals surface area contributed by atoms with Crippen molar-refractivity contribution in [3.05, 3.63) is 63.8 Å². The fourth-order valence-electron chi connectivity index (χ4n) is 2.29. The van der Waals surface area contributed by atoms with Crippen molar-refractivity contribution in [3.8, 4) is 6.07 Å². The van der Waals surface area contributed by atoms with E-state index in [1.165, 1.54) is 0 Å². The third-order valence-electron chi connectivity index (χ3n) is 3.36. The second kappa shape index (κ2) is 6.33. The SMILES string of the molecule is N#Cc1oc2ccccc2c1NC(=O)Cc1c(Cl)cccc1Cl. The number of nitrogens with zero attached hydrogens (tertiary/aromatic N) is 1. The standard InChI is InChI=1S/C17H10Cl2N2O2/c18-12-5-3-6-13(19)11(12)8-16(22)21-17-10-4-1-2-7-14(10)23-15(17)9-20/h1-7H,8H2,(H,21,22). The molecule has 3 aromatic rings. The van der Waals surface area contributed by atoms with Gasteiger partial charge in [-0.2, -0.15) is 5.26 Å². The number of rotatable bonds is 3. The number of hydrogen-bond donors (Lipinski definition) is 1. The van der Waals surface area contributed by atoms with Gasteiger partial charge in [-0.25, -0.2) is 0 Å². The molecule has 3 rings (SSSR count). The van der Waals surface area contributed by atoms with Crippen molar-refractivity contribution in [2.75, 3.05) is 5.32 Å². The predicted octanol–water partition coefficient (Wildman–Crippen LogP) is 4.79. The van der Waals surface area contributed by atoms with Crippen LogP contribution in [-0.4, -0.2) is 5.91 Å². The average Bonchev–Trinajstić information content (AvgIpc) is 2.89.